The van der Waals surface area contributed by atoms with Crippen LogP contribution in [0.15, 0.2) is 4.99 Å². The average Bonchev–Trinajstić information content (AvgIpc) is 2.35. The SMILES string of the molecule is CCNC(=NCCN(CC)CC)NCCSC.I. The molecular formula is C12H29IN4S. The predicted octanol–water partition coefficient (Wildman–Crippen LogP) is 1.86. The molecule has 0 saturated heterocycles. The lowest BCUT2D eigenvalue weighted by Gasteiger charge is -2.17. The van der Waals surface area contributed by atoms with Gasteiger partial charge in [-0.15, -0.1) is 24.0 Å². The molecule has 0 aliphatic heterocycles. The van der Waals surface area contributed by atoms with Crippen LogP contribution in [-0.4, -0.2) is 62.1 Å². The second kappa shape index (κ2) is 15.4. The van der Waals surface area contributed by atoms with E-state index in [0.717, 1.165) is 51.0 Å². The van der Waals surface area contributed by atoms with Gasteiger partial charge in [0.1, 0.15) is 0 Å². The minimum Gasteiger partial charge on any atom is -0.357 e. The van der Waals surface area contributed by atoms with E-state index in [1.807, 2.05) is 11.8 Å². The van der Waals surface area contributed by atoms with Crippen LogP contribution in [0.4, 0.5) is 0 Å². The first-order valence-corrected chi connectivity index (χ1v) is 7.91. The van der Waals surface area contributed by atoms with Crippen LogP contribution in [0.2, 0.25) is 0 Å². The molecule has 110 valence electrons. The lowest BCUT2D eigenvalue weighted by Crippen LogP contribution is -2.39. The highest BCUT2D eigenvalue weighted by molar-refractivity contribution is 14.0. The number of nitrogens with one attached hydrogen (secondary N) is 2. The van der Waals surface area contributed by atoms with E-state index in [9.17, 15) is 0 Å². The zero-order valence-corrected chi connectivity index (χ0v) is 15.3. The molecule has 0 fully saturated rings. The summed E-state index contributed by atoms with van der Waals surface area (Å²) in [5.41, 5.74) is 0. The van der Waals surface area contributed by atoms with Gasteiger partial charge in [0.15, 0.2) is 5.96 Å². The topological polar surface area (TPSA) is 39.7 Å². The molecule has 0 aliphatic carbocycles. The molecule has 0 radical (unpaired) electrons. The lowest BCUT2D eigenvalue weighted by atomic mass is 10.5. The maximum atomic E-state index is 4.56. The van der Waals surface area contributed by atoms with Gasteiger partial charge >= 0.3 is 0 Å². The number of halogens is 1. The fourth-order valence-corrected chi connectivity index (χ4v) is 1.76. The number of aliphatic imine (C=N–C) groups is 1. The molecule has 0 saturated carbocycles. The van der Waals surface area contributed by atoms with Crippen molar-refractivity contribution in [3.8, 4) is 0 Å². The number of hydrogen-bond donors (Lipinski definition) is 2. The summed E-state index contributed by atoms with van der Waals surface area (Å²) >= 11 is 1.84. The van der Waals surface area contributed by atoms with Crippen LogP contribution in [-0.2, 0) is 0 Å². The molecule has 0 spiro atoms. The molecular weight excluding hydrogens is 359 g/mol. The Kier molecular flexibility index (Phi) is 17.6. The van der Waals surface area contributed by atoms with Gasteiger partial charge in [-0.3, -0.25) is 4.99 Å². The zero-order chi connectivity index (χ0) is 12.9. The van der Waals surface area contributed by atoms with Crippen LogP contribution in [0.5, 0.6) is 0 Å². The maximum absolute atomic E-state index is 4.56. The molecule has 0 atom stereocenters. The fraction of sp³-hybridized carbons (Fsp3) is 0.917. The predicted molar refractivity (Wildman–Crippen MR) is 95.6 cm³/mol. The highest BCUT2D eigenvalue weighted by Gasteiger charge is 1.99. The van der Waals surface area contributed by atoms with E-state index < -0.39 is 0 Å². The molecule has 0 aromatic rings. The third-order valence-corrected chi connectivity index (χ3v) is 3.14. The molecule has 0 bridgehead atoms. The first-order chi connectivity index (χ1) is 8.28. The van der Waals surface area contributed by atoms with Gasteiger partial charge in [-0.25, -0.2) is 0 Å². The molecule has 0 aromatic heterocycles. The summed E-state index contributed by atoms with van der Waals surface area (Å²) in [6.07, 6.45) is 2.12. The van der Waals surface area contributed by atoms with E-state index >= 15 is 0 Å². The summed E-state index contributed by atoms with van der Waals surface area (Å²) in [4.78, 5) is 6.95. The Balaban J connectivity index is 0. The summed E-state index contributed by atoms with van der Waals surface area (Å²) in [5, 5.41) is 6.59. The Morgan fingerprint density at radius 3 is 2.33 bits per heavy atom. The summed E-state index contributed by atoms with van der Waals surface area (Å²) in [6, 6.07) is 0. The second-order valence-electron chi connectivity index (χ2n) is 3.71. The van der Waals surface area contributed by atoms with Crippen molar-refractivity contribution in [3.63, 3.8) is 0 Å². The van der Waals surface area contributed by atoms with Gasteiger partial charge < -0.3 is 15.5 Å². The van der Waals surface area contributed by atoms with Crippen molar-refractivity contribution in [1.82, 2.24) is 15.5 Å². The van der Waals surface area contributed by atoms with Gasteiger partial charge in [0.2, 0.25) is 0 Å². The van der Waals surface area contributed by atoms with Crippen molar-refractivity contribution in [2.75, 3.05) is 51.3 Å². The minimum atomic E-state index is 0. The Morgan fingerprint density at radius 2 is 1.83 bits per heavy atom. The summed E-state index contributed by atoms with van der Waals surface area (Å²) in [5.74, 6) is 2.05. The highest BCUT2D eigenvalue weighted by atomic mass is 127. The van der Waals surface area contributed by atoms with Crippen LogP contribution < -0.4 is 10.6 Å². The van der Waals surface area contributed by atoms with Gasteiger partial charge in [0.25, 0.3) is 0 Å². The van der Waals surface area contributed by atoms with Crippen LogP contribution in [0.25, 0.3) is 0 Å². The number of guanidine groups is 1. The number of rotatable bonds is 9. The Labute approximate surface area is 134 Å². The highest BCUT2D eigenvalue weighted by Crippen LogP contribution is 1.88. The first kappa shape index (κ1) is 20.6. The molecule has 0 aromatic carbocycles. The maximum Gasteiger partial charge on any atom is 0.191 e. The second-order valence-corrected chi connectivity index (χ2v) is 4.69. The Bertz CT molecular complexity index is 199. The van der Waals surface area contributed by atoms with E-state index in [1.165, 1.54) is 0 Å². The van der Waals surface area contributed by atoms with Crippen molar-refractivity contribution in [3.05, 3.63) is 0 Å². The summed E-state index contributed by atoms with van der Waals surface area (Å²) < 4.78 is 0. The van der Waals surface area contributed by atoms with E-state index in [2.05, 4.69) is 47.6 Å². The van der Waals surface area contributed by atoms with Crippen molar-refractivity contribution in [1.29, 1.82) is 0 Å². The zero-order valence-electron chi connectivity index (χ0n) is 12.2. The molecule has 2 N–H and O–H groups in total. The third kappa shape index (κ3) is 11.4. The van der Waals surface area contributed by atoms with E-state index in [1.54, 1.807) is 0 Å². The van der Waals surface area contributed by atoms with Gasteiger partial charge in [-0.1, -0.05) is 13.8 Å². The number of hydrogen-bond acceptors (Lipinski definition) is 3. The third-order valence-electron chi connectivity index (χ3n) is 2.52. The largest absolute Gasteiger partial charge is 0.357 e. The average molecular weight is 388 g/mol. The fourth-order valence-electron chi connectivity index (χ4n) is 1.46. The standard InChI is InChI=1S/C12H28N4S.HI/c1-5-13-12(15-9-11-17-4)14-8-10-16(6-2)7-3;/h5-11H2,1-4H3,(H2,13,14,15);1H. The summed E-state index contributed by atoms with van der Waals surface area (Å²) in [7, 11) is 0. The van der Waals surface area contributed by atoms with Crippen LogP contribution in [0.3, 0.4) is 0 Å². The number of nitrogens with zero attached hydrogens (tertiary/aromatic N) is 2. The van der Waals surface area contributed by atoms with Crippen molar-refractivity contribution < 1.29 is 0 Å². The van der Waals surface area contributed by atoms with Crippen LogP contribution in [0, 0.1) is 0 Å². The van der Waals surface area contributed by atoms with E-state index in [0.29, 0.717) is 0 Å². The molecule has 4 nitrogen and oxygen atoms in total. The molecule has 0 heterocycles. The van der Waals surface area contributed by atoms with Gasteiger partial charge in [0.05, 0.1) is 6.54 Å². The quantitative estimate of drug-likeness (QED) is 0.274. The van der Waals surface area contributed by atoms with E-state index in [-0.39, 0.29) is 24.0 Å². The molecule has 0 aliphatic rings. The number of likely N-dealkylation sites (N-methyl/N-ethyl adjacent to an activating group) is 1. The normalized spacial score (nSPS) is 11.3. The number of thioether (sulfide) groups is 1. The van der Waals surface area contributed by atoms with Gasteiger partial charge in [0, 0.05) is 25.4 Å². The summed E-state index contributed by atoms with van der Waals surface area (Å²) in [6.45, 7) is 12.4. The molecule has 18 heavy (non-hydrogen) atoms. The smallest absolute Gasteiger partial charge is 0.191 e. The van der Waals surface area contributed by atoms with Crippen molar-refractivity contribution in [2.45, 2.75) is 20.8 Å². The van der Waals surface area contributed by atoms with E-state index in [4.69, 9.17) is 0 Å². The molecule has 0 amide bonds. The van der Waals surface area contributed by atoms with Crippen LogP contribution >= 0.6 is 35.7 Å². The van der Waals surface area contributed by atoms with Crippen molar-refractivity contribution >= 4 is 41.7 Å². The van der Waals surface area contributed by atoms with Crippen LogP contribution in [0.1, 0.15) is 20.8 Å². The lowest BCUT2D eigenvalue weighted by molar-refractivity contribution is 0.313. The first-order valence-electron chi connectivity index (χ1n) is 6.51. The molecule has 0 rings (SSSR count). The van der Waals surface area contributed by atoms with Gasteiger partial charge in [-0.05, 0) is 26.3 Å². The molecule has 6 heteroatoms. The Hall–Kier alpha value is 0.310. The van der Waals surface area contributed by atoms with Crippen molar-refractivity contribution in [2.24, 2.45) is 4.99 Å². The monoisotopic (exact) mass is 388 g/mol. The Morgan fingerprint density at radius 1 is 1.17 bits per heavy atom. The van der Waals surface area contributed by atoms with Gasteiger partial charge in [-0.2, -0.15) is 11.8 Å². The minimum absolute atomic E-state index is 0. The molecule has 0 unspecified atom stereocenters.